The Bertz CT molecular complexity index is 994. The van der Waals surface area contributed by atoms with Crippen LogP contribution >= 0.6 is 11.6 Å². The van der Waals surface area contributed by atoms with Crippen LogP contribution in [-0.2, 0) is 11.2 Å². The maximum atomic E-state index is 13.1. The number of carbonyl (C=O) groups excluding carboxylic acids is 1. The second-order valence-corrected chi connectivity index (χ2v) is 8.00. The Hall–Kier alpha value is -2.66. The lowest BCUT2D eigenvalue weighted by molar-refractivity contribution is -0.134. The molecule has 1 fully saturated rings. The molecular weight excluding hydrogens is 386 g/mol. The Morgan fingerprint density at radius 2 is 2.10 bits per heavy atom. The van der Waals surface area contributed by atoms with E-state index in [1.54, 1.807) is 0 Å². The van der Waals surface area contributed by atoms with Crippen LogP contribution in [0.15, 0.2) is 47.1 Å². The molecule has 5 nitrogen and oxygen atoms in total. The SMILES string of the molecule is Cc1noc(C)c1CC(=O)N1CCCC[C@@H]1c1ccc(-c2cccc(Cl)c2)nc1. The smallest absolute Gasteiger partial charge is 0.227 e. The predicted octanol–water partition coefficient (Wildman–Crippen LogP) is 5.30. The lowest BCUT2D eigenvalue weighted by Gasteiger charge is -2.36. The number of halogens is 1. The Balaban J connectivity index is 1.55. The van der Waals surface area contributed by atoms with Crippen molar-refractivity contribution in [3.8, 4) is 11.3 Å². The first kappa shape index (κ1) is 19.6. The number of piperidine rings is 1. The second-order valence-electron chi connectivity index (χ2n) is 7.57. The summed E-state index contributed by atoms with van der Waals surface area (Å²) in [6, 6.07) is 11.8. The number of aryl methyl sites for hydroxylation is 2. The standard InChI is InChI=1S/C23H24ClN3O2/c1-15-20(16(2)29-26-15)13-23(28)27-11-4-3-8-22(27)18-9-10-21(25-14-18)17-6-5-7-19(24)12-17/h5-7,9-10,12,14,22H,3-4,8,11,13H2,1-2H3/t22-/m1/s1. The maximum absolute atomic E-state index is 13.1. The van der Waals surface area contributed by atoms with Gasteiger partial charge in [0.05, 0.1) is 23.9 Å². The van der Waals surface area contributed by atoms with Gasteiger partial charge in [0.25, 0.3) is 0 Å². The lowest BCUT2D eigenvalue weighted by atomic mass is 9.95. The van der Waals surface area contributed by atoms with Crippen LogP contribution in [0.5, 0.6) is 0 Å². The molecule has 1 aliphatic heterocycles. The number of hydrogen-bond acceptors (Lipinski definition) is 4. The summed E-state index contributed by atoms with van der Waals surface area (Å²) in [5.74, 6) is 0.833. The van der Waals surface area contributed by atoms with Gasteiger partial charge >= 0.3 is 0 Å². The molecule has 0 bridgehead atoms. The monoisotopic (exact) mass is 409 g/mol. The van der Waals surface area contributed by atoms with E-state index in [9.17, 15) is 4.79 Å². The summed E-state index contributed by atoms with van der Waals surface area (Å²) >= 11 is 6.10. The van der Waals surface area contributed by atoms with Gasteiger partial charge in [-0.25, -0.2) is 0 Å². The number of nitrogens with zero attached hydrogens (tertiary/aromatic N) is 3. The Morgan fingerprint density at radius 1 is 1.24 bits per heavy atom. The van der Waals surface area contributed by atoms with E-state index < -0.39 is 0 Å². The molecule has 0 aliphatic carbocycles. The van der Waals surface area contributed by atoms with Gasteiger partial charge in [0, 0.05) is 28.9 Å². The van der Waals surface area contributed by atoms with Gasteiger partial charge in [-0.1, -0.05) is 35.0 Å². The van der Waals surface area contributed by atoms with Crippen molar-refractivity contribution in [1.82, 2.24) is 15.0 Å². The van der Waals surface area contributed by atoms with E-state index in [2.05, 4.69) is 16.2 Å². The summed E-state index contributed by atoms with van der Waals surface area (Å²) < 4.78 is 5.22. The van der Waals surface area contributed by atoms with Crippen LogP contribution in [-0.4, -0.2) is 27.5 Å². The van der Waals surface area contributed by atoms with Crippen LogP contribution < -0.4 is 0 Å². The minimum Gasteiger partial charge on any atom is -0.361 e. The number of benzene rings is 1. The molecule has 0 spiro atoms. The highest BCUT2D eigenvalue weighted by Crippen LogP contribution is 2.32. The van der Waals surface area contributed by atoms with Crippen LogP contribution in [0, 0.1) is 13.8 Å². The van der Waals surface area contributed by atoms with Crippen molar-refractivity contribution in [2.45, 2.75) is 45.6 Å². The zero-order chi connectivity index (χ0) is 20.4. The topological polar surface area (TPSA) is 59.2 Å². The van der Waals surface area contributed by atoms with Crippen LogP contribution in [0.3, 0.4) is 0 Å². The molecule has 1 aliphatic rings. The Morgan fingerprint density at radius 3 is 2.79 bits per heavy atom. The zero-order valence-corrected chi connectivity index (χ0v) is 17.4. The summed E-state index contributed by atoms with van der Waals surface area (Å²) in [6.07, 6.45) is 5.30. The van der Waals surface area contributed by atoms with E-state index in [1.807, 2.05) is 55.3 Å². The van der Waals surface area contributed by atoms with Gasteiger partial charge in [-0.3, -0.25) is 9.78 Å². The number of amides is 1. The van der Waals surface area contributed by atoms with Gasteiger partial charge in [0.2, 0.25) is 5.91 Å². The van der Waals surface area contributed by atoms with Crippen LogP contribution in [0.2, 0.25) is 5.02 Å². The van der Waals surface area contributed by atoms with Crippen LogP contribution in [0.25, 0.3) is 11.3 Å². The molecule has 3 heterocycles. The highest BCUT2D eigenvalue weighted by molar-refractivity contribution is 6.30. The molecule has 0 N–H and O–H groups in total. The Kier molecular flexibility index (Phi) is 5.67. The number of likely N-dealkylation sites (tertiary alicyclic amines) is 1. The Labute approximate surface area is 175 Å². The third-order valence-corrected chi connectivity index (χ3v) is 5.86. The average molecular weight is 410 g/mol. The largest absolute Gasteiger partial charge is 0.361 e. The van der Waals surface area contributed by atoms with Gasteiger partial charge in [-0.15, -0.1) is 0 Å². The fourth-order valence-corrected chi connectivity index (χ4v) is 4.19. The van der Waals surface area contributed by atoms with Gasteiger partial charge in [-0.05, 0) is 56.9 Å². The van der Waals surface area contributed by atoms with E-state index in [0.29, 0.717) is 11.4 Å². The van der Waals surface area contributed by atoms with Gasteiger partial charge in [0.1, 0.15) is 5.76 Å². The summed E-state index contributed by atoms with van der Waals surface area (Å²) in [7, 11) is 0. The number of carbonyl (C=O) groups is 1. The van der Waals surface area contributed by atoms with Crippen molar-refractivity contribution in [3.63, 3.8) is 0 Å². The molecule has 1 atom stereocenters. The quantitative estimate of drug-likeness (QED) is 0.586. The maximum Gasteiger partial charge on any atom is 0.227 e. The molecule has 150 valence electrons. The molecule has 0 unspecified atom stereocenters. The summed E-state index contributed by atoms with van der Waals surface area (Å²) in [5, 5.41) is 4.66. The van der Waals surface area contributed by atoms with E-state index in [0.717, 1.165) is 59.6 Å². The summed E-state index contributed by atoms with van der Waals surface area (Å²) in [6.45, 7) is 4.50. The fraction of sp³-hybridized carbons (Fsp3) is 0.348. The van der Waals surface area contributed by atoms with Crippen molar-refractivity contribution in [3.05, 3.63) is 70.2 Å². The molecule has 29 heavy (non-hydrogen) atoms. The van der Waals surface area contributed by atoms with Crippen molar-refractivity contribution in [1.29, 1.82) is 0 Å². The van der Waals surface area contributed by atoms with E-state index in [4.69, 9.17) is 16.1 Å². The highest BCUT2D eigenvalue weighted by atomic mass is 35.5. The summed E-state index contributed by atoms with van der Waals surface area (Å²) in [4.78, 5) is 19.7. The molecule has 1 amide bonds. The molecule has 4 rings (SSSR count). The van der Waals surface area contributed by atoms with E-state index in [-0.39, 0.29) is 11.9 Å². The molecule has 6 heteroatoms. The molecule has 1 aromatic carbocycles. The first-order valence-corrected chi connectivity index (χ1v) is 10.3. The van der Waals surface area contributed by atoms with Crippen molar-refractivity contribution in [2.75, 3.05) is 6.54 Å². The van der Waals surface area contributed by atoms with Crippen molar-refractivity contribution >= 4 is 17.5 Å². The second kappa shape index (κ2) is 8.37. The number of aromatic nitrogens is 2. The minimum atomic E-state index is 0.0534. The molecule has 0 radical (unpaired) electrons. The van der Waals surface area contributed by atoms with E-state index >= 15 is 0 Å². The predicted molar refractivity (Wildman–Crippen MR) is 113 cm³/mol. The number of rotatable bonds is 4. The molecule has 2 aromatic heterocycles. The van der Waals surface area contributed by atoms with Crippen molar-refractivity contribution < 1.29 is 9.32 Å². The molecule has 0 saturated carbocycles. The van der Waals surface area contributed by atoms with Gasteiger partial charge in [-0.2, -0.15) is 0 Å². The normalized spacial score (nSPS) is 16.8. The fourth-order valence-electron chi connectivity index (χ4n) is 4.00. The first-order valence-electron chi connectivity index (χ1n) is 9.96. The molecule has 3 aromatic rings. The van der Waals surface area contributed by atoms with Crippen LogP contribution in [0.1, 0.15) is 47.9 Å². The third kappa shape index (κ3) is 4.20. The zero-order valence-electron chi connectivity index (χ0n) is 16.7. The van der Waals surface area contributed by atoms with E-state index in [1.165, 1.54) is 0 Å². The number of pyridine rings is 1. The number of hydrogen-bond donors (Lipinski definition) is 0. The average Bonchev–Trinajstić information content (AvgIpc) is 3.06. The summed E-state index contributed by atoms with van der Waals surface area (Å²) in [5.41, 5.74) is 4.62. The molecular formula is C23H24ClN3O2. The van der Waals surface area contributed by atoms with Crippen LogP contribution in [0.4, 0.5) is 0 Å². The lowest BCUT2D eigenvalue weighted by Crippen LogP contribution is -2.39. The van der Waals surface area contributed by atoms with Gasteiger partial charge < -0.3 is 9.42 Å². The highest BCUT2D eigenvalue weighted by Gasteiger charge is 2.29. The first-order chi connectivity index (χ1) is 14.0. The van der Waals surface area contributed by atoms with Crippen molar-refractivity contribution in [2.24, 2.45) is 0 Å². The van der Waals surface area contributed by atoms with Gasteiger partial charge in [0.15, 0.2) is 0 Å². The minimum absolute atomic E-state index is 0.0534. The molecule has 1 saturated heterocycles. The third-order valence-electron chi connectivity index (χ3n) is 5.62.